The van der Waals surface area contributed by atoms with Crippen molar-refractivity contribution in [2.45, 2.75) is 39.5 Å². The van der Waals surface area contributed by atoms with Gasteiger partial charge in [0.1, 0.15) is 16.7 Å². The number of aromatic nitrogens is 3. The molecule has 8 heteroatoms. The zero-order valence-electron chi connectivity index (χ0n) is 15.4. The van der Waals surface area contributed by atoms with Crippen LogP contribution in [-0.4, -0.2) is 26.8 Å². The van der Waals surface area contributed by atoms with Crippen LogP contribution in [0.15, 0.2) is 22.8 Å². The molecule has 0 atom stereocenters. The Morgan fingerprint density at radius 3 is 2.37 bits per heavy atom. The molecule has 0 unspecified atom stereocenters. The van der Waals surface area contributed by atoms with Gasteiger partial charge in [-0.1, -0.05) is 26.7 Å². The van der Waals surface area contributed by atoms with E-state index in [1.54, 1.807) is 11.3 Å². The first-order valence-electron chi connectivity index (χ1n) is 9.26. The standard InChI is InChI=1S/C19H21BrN4S3/c1-3-5-7-24(8-6-4-2)16-10-14-13(26-16)9-15(25-14)18-19-17(22-27-23-19)12(20)11-21-18/h9-11H,3-8H2,1-2H3. The number of anilines is 1. The molecule has 0 amide bonds. The Kier molecular flexibility index (Phi) is 6.06. The van der Waals surface area contributed by atoms with Gasteiger partial charge in [-0.2, -0.15) is 8.75 Å². The Balaban J connectivity index is 1.66. The smallest absolute Gasteiger partial charge is 0.133 e. The van der Waals surface area contributed by atoms with Crippen molar-refractivity contribution in [2.24, 2.45) is 0 Å². The van der Waals surface area contributed by atoms with E-state index < -0.39 is 0 Å². The summed E-state index contributed by atoms with van der Waals surface area (Å²) in [7, 11) is 0. The summed E-state index contributed by atoms with van der Waals surface area (Å²) in [6.45, 7) is 6.82. The molecule has 0 bridgehead atoms. The molecular formula is C19H21BrN4S3. The van der Waals surface area contributed by atoms with Crippen molar-refractivity contribution >= 4 is 75.8 Å². The summed E-state index contributed by atoms with van der Waals surface area (Å²) in [6.07, 6.45) is 6.80. The lowest BCUT2D eigenvalue weighted by molar-refractivity contribution is 0.682. The van der Waals surface area contributed by atoms with Crippen molar-refractivity contribution in [3.63, 3.8) is 0 Å². The fourth-order valence-corrected chi connectivity index (χ4v) is 6.55. The predicted molar refractivity (Wildman–Crippen MR) is 124 cm³/mol. The Morgan fingerprint density at radius 2 is 1.67 bits per heavy atom. The van der Waals surface area contributed by atoms with Gasteiger partial charge in [0.05, 0.1) is 26.1 Å². The van der Waals surface area contributed by atoms with Crippen molar-refractivity contribution < 1.29 is 0 Å². The number of nitrogens with zero attached hydrogens (tertiary/aromatic N) is 4. The molecule has 4 nitrogen and oxygen atoms in total. The molecule has 0 saturated heterocycles. The van der Waals surface area contributed by atoms with Crippen LogP contribution in [0, 0.1) is 0 Å². The van der Waals surface area contributed by atoms with Crippen LogP contribution in [0.3, 0.4) is 0 Å². The van der Waals surface area contributed by atoms with Gasteiger partial charge in [-0.25, -0.2) is 0 Å². The van der Waals surface area contributed by atoms with Crippen molar-refractivity contribution in [3.8, 4) is 10.6 Å². The second kappa shape index (κ2) is 8.51. The maximum Gasteiger partial charge on any atom is 0.133 e. The van der Waals surface area contributed by atoms with Gasteiger partial charge in [-0.05, 0) is 40.9 Å². The average molecular weight is 482 g/mol. The zero-order valence-corrected chi connectivity index (χ0v) is 19.4. The van der Waals surface area contributed by atoms with Gasteiger partial charge in [0.2, 0.25) is 0 Å². The fraction of sp³-hybridized carbons (Fsp3) is 0.421. The van der Waals surface area contributed by atoms with Crippen molar-refractivity contribution in [3.05, 3.63) is 22.8 Å². The highest BCUT2D eigenvalue weighted by Gasteiger charge is 2.17. The maximum absolute atomic E-state index is 4.62. The molecule has 0 N–H and O–H groups in total. The molecule has 4 heterocycles. The van der Waals surface area contributed by atoms with Crippen LogP contribution in [0.5, 0.6) is 0 Å². The second-order valence-electron chi connectivity index (χ2n) is 6.53. The highest BCUT2D eigenvalue weighted by Crippen LogP contribution is 2.42. The minimum absolute atomic E-state index is 0.885. The van der Waals surface area contributed by atoms with Crippen LogP contribution < -0.4 is 4.90 Å². The van der Waals surface area contributed by atoms with Crippen LogP contribution in [0.25, 0.3) is 31.0 Å². The first-order valence-corrected chi connectivity index (χ1v) is 12.4. The molecule has 0 radical (unpaired) electrons. The Morgan fingerprint density at radius 1 is 0.963 bits per heavy atom. The monoisotopic (exact) mass is 480 g/mol. The largest absolute Gasteiger partial charge is 0.363 e. The molecule has 4 aromatic heterocycles. The Labute approximate surface area is 179 Å². The number of fused-ring (bicyclic) bond motifs is 2. The summed E-state index contributed by atoms with van der Waals surface area (Å²) in [4.78, 5) is 8.35. The van der Waals surface area contributed by atoms with E-state index in [4.69, 9.17) is 0 Å². The molecule has 4 aromatic rings. The minimum atomic E-state index is 0.885. The molecule has 27 heavy (non-hydrogen) atoms. The van der Waals surface area contributed by atoms with Gasteiger partial charge in [0, 0.05) is 28.7 Å². The normalized spacial score (nSPS) is 11.7. The third kappa shape index (κ3) is 3.90. The third-order valence-corrected chi connectivity index (χ3v) is 8.02. The van der Waals surface area contributed by atoms with E-state index in [0.29, 0.717) is 0 Å². The van der Waals surface area contributed by atoms with Crippen LogP contribution in [-0.2, 0) is 0 Å². The number of hydrogen-bond donors (Lipinski definition) is 0. The van der Waals surface area contributed by atoms with Crippen molar-refractivity contribution in [1.29, 1.82) is 0 Å². The number of pyridine rings is 1. The predicted octanol–water partition coefficient (Wildman–Crippen LogP) is 7.20. The highest BCUT2D eigenvalue weighted by molar-refractivity contribution is 9.10. The van der Waals surface area contributed by atoms with E-state index in [0.717, 1.165) is 34.3 Å². The lowest BCUT2D eigenvalue weighted by Gasteiger charge is -2.22. The zero-order chi connectivity index (χ0) is 18.8. The van der Waals surface area contributed by atoms with Gasteiger partial charge >= 0.3 is 0 Å². The summed E-state index contributed by atoms with van der Waals surface area (Å²) in [5.41, 5.74) is 2.72. The highest BCUT2D eigenvalue weighted by atomic mass is 79.9. The van der Waals surface area contributed by atoms with Gasteiger partial charge in [-0.3, -0.25) is 4.98 Å². The summed E-state index contributed by atoms with van der Waals surface area (Å²) in [5.74, 6) is 0. The second-order valence-corrected chi connectivity index (χ2v) is 10.1. The lowest BCUT2D eigenvalue weighted by Crippen LogP contribution is -2.24. The first kappa shape index (κ1) is 19.2. The molecule has 0 saturated carbocycles. The van der Waals surface area contributed by atoms with E-state index in [1.807, 2.05) is 17.5 Å². The van der Waals surface area contributed by atoms with Gasteiger partial charge in [-0.15, -0.1) is 22.7 Å². The first-order chi connectivity index (χ1) is 13.2. The van der Waals surface area contributed by atoms with E-state index >= 15 is 0 Å². The Hall–Kier alpha value is -1.09. The molecule has 0 aromatic carbocycles. The molecule has 0 aliphatic carbocycles. The van der Waals surface area contributed by atoms with Gasteiger partial charge < -0.3 is 4.90 Å². The molecule has 0 aliphatic heterocycles. The van der Waals surface area contributed by atoms with E-state index in [-0.39, 0.29) is 0 Å². The topological polar surface area (TPSA) is 41.9 Å². The Bertz CT molecular complexity index is 1010. The SMILES string of the molecule is CCCCN(CCCC)c1cc2sc(-c3ncc(Br)c4nsnc34)cc2s1. The van der Waals surface area contributed by atoms with Crippen LogP contribution in [0.4, 0.5) is 5.00 Å². The van der Waals surface area contributed by atoms with Crippen molar-refractivity contribution in [2.75, 3.05) is 18.0 Å². The number of unbranched alkanes of at least 4 members (excludes halogenated alkanes) is 2. The van der Waals surface area contributed by atoms with Crippen LogP contribution in [0.2, 0.25) is 0 Å². The minimum Gasteiger partial charge on any atom is -0.363 e. The number of rotatable bonds is 8. The van der Waals surface area contributed by atoms with E-state index in [9.17, 15) is 0 Å². The third-order valence-electron chi connectivity index (χ3n) is 4.55. The summed E-state index contributed by atoms with van der Waals surface area (Å²) < 4.78 is 12.4. The molecular weight excluding hydrogens is 460 g/mol. The van der Waals surface area contributed by atoms with Crippen LogP contribution in [0.1, 0.15) is 39.5 Å². The molecule has 0 aliphatic rings. The lowest BCUT2D eigenvalue weighted by atomic mass is 10.2. The van der Waals surface area contributed by atoms with Gasteiger partial charge in [0.15, 0.2) is 0 Å². The quantitative estimate of drug-likeness (QED) is 0.267. The van der Waals surface area contributed by atoms with Crippen LogP contribution >= 0.6 is 50.3 Å². The van der Waals surface area contributed by atoms with E-state index in [1.165, 1.54) is 56.7 Å². The average Bonchev–Trinajstić information content (AvgIpc) is 3.37. The maximum atomic E-state index is 4.62. The van der Waals surface area contributed by atoms with E-state index in [2.05, 4.69) is 60.5 Å². The van der Waals surface area contributed by atoms with Gasteiger partial charge in [0.25, 0.3) is 0 Å². The molecule has 0 fully saturated rings. The summed E-state index contributed by atoms with van der Waals surface area (Å²) in [5, 5.41) is 1.40. The summed E-state index contributed by atoms with van der Waals surface area (Å²) >= 11 is 8.46. The molecule has 142 valence electrons. The number of hydrogen-bond acceptors (Lipinski definition) is 7. The molecule has 0 spiro atoms. The van der Waals surface area contributed by atoms with Crippen molar-refractivity contribution in [1.82, 2.24) is 13.7 Å². The molecule has 4 rings (SSSR count). The summed E-state index contributed by atoms with van der Waals surface area (Å²) in [6, 6.07) is 4.62. The number of thiophene rings is 2. The fourth-order valence-electron chi connectivity index (χ4n) is 3.05. The number of halogens is 1.